The zero-order valence-corrected chi connectivity index (χ0v) is 7.88. The molecule has 1 heterocycles. The number of hydrogen-bond donors (Lipinski definition) is 2. The van der Waals surface area contributed by atoms with Gasteiger partial charge in [-0.25, -0.2) is 4.98 Å². The molecule has 0 spiro atoms. The third-order valence-electron chi connectivity index (χ3n) is 1.41. The van der Waals surface area contributed by atoms with Crippen molar-refractivity contribution in [2.24, 2.45) is 5.73 Å². The standard InChI is InChI=1S/C8H10ClN3O/c1-5(10)8(13)12-6-2-3-7(9)11-4-6/h2-5H,10H2,1H3,(H,12,13)/t5-/m0/s1. The first kappa shape index (κ1) is 9.95. The van der Waals surface area contributed by atoms with Crippen LogP contribution < -0.4 is 11.1 Å². The smallest absolute Gasteiger partial charge is 0.241 e. The third-order valence-corrected chi connectivity index (χ3v) is 1.63. The summed E-state index contributed by atoms with van der Waals surface area (Å²) in [6.07, 6.45) is 1.47. The lowest BCUT2D eigenvalue weighted by Crippen LogP contribution is -2.32. The lowest BCUT2D eigenvalue weighted by Gasteiger charge is -2.06. The molecule has 1 atom stereocenters. The Morgan fingerprint density at radius 1 is 1.69 bits per heavy atom. The molecule has 0 aromatic carbocycles. The summed E-state index contributed by atoms with van der Waals surface area (Å²) in [7, 11) is 0. The van der Waals surface area contributed by atoms with Crippen LogP contribution in [0.3, 0.4) is 0 Å². The van der Waals surface area contributed by atoms with E-state index in [0.717, 1.165) is 0 Å². The Kier molecular flexibility index (Phi) is 3.22. The van der Waals surface area contributed by atoms with Gasteiger partial charge < -0.3 is 11.1 Å². The Morgan fingerprint density at radius 3 is 2.85 bits per heavy atom. The molecule has 70 valence electrons. The zero-order valence-electron chi connectivity index (χ0n) is 7.12. The van der Waals surface area contributed by atoms with Crippen LogP contribution in [0.5, 0.6) is 0 Å². The van der Waals surface area contributed by atoms with Gasteiger partial charge in [-0.15, -0.1) is 0 Å². The molecule has 1 aromatic rings. The van der Waals surface area contributed by atoms with Crippen molar-refractivity contribution in [3.63, 3.8) is 0 Å². The molecule has 0 aliphatic carbocycles. The van der Waals surface area contributed by atoms with E-state index in [1.807, 2.05) is 0 Å². The van der Waals surface area contributed by atoms with Crippen LogP contribution >= 0.6 is 11.6 Å². The molecule has 0 radical (unpaired) electrons. The molecule has 0 aliphatic heterocycles. The fourth-order valence-corrected chi connectivity index (χ4v) is 0.818. The van der Waals surface area contributed by atoms with Crippen molar-refractivity contribution >= 4 is 23.2 Å². The summed E-state index contributed by atoms with van der Waals surface area (Å²) in [4.78, 5) is 14.9. The Bertz CT molecular complexity index is 297. The van der Waals surface area contributed by atoms with E-state index in [9.17, 15) is 4.79 Å². The number of nitrogens with zero attached hydrogens (tertiary/aromatic N) is 1. The van der Waals surface area contributed by atoms with Gasteiger partial charge in [-0.05, 0) is 19.1 Å². The minimum absolute atomic E-state index is 0.246. The summed E-state index contributed by atoms with van der Waals surface area (Å²) in [5.74, 6) is -0.246. The van der Waals surface area contributed by atoms with E-state index in [0.29, 0.717) is 10.8 Å². The number of aromatic nitrogens is 1. The van der Waals surface area contributed by atoms with Crippen LogP contribution in [0.15, 0.2) is 18.3 Å². The highest BCUT2D eigenvalue weighted by Gasteiger charge is 2.06. The molecule has 1 rings (SSSR count). The fraction of sp³-hybridized carbons (Fsp3) is 0.250. The largest absolute Gasteiger partial charge is 0.323 e. The van der Waals surface area contributed by atoms with Crippen molar-refractivity contribution in [1.29, 1.82) is 0 Å². The first-order chi connectivity index (χ1) is 6.09. The maximum absolute atomic E-state index is 11.1. The molecule has 0 fully saturated rings. The lowest BCUT2D eigenvalue weighted by atomic mass is 10.3. The van der Waals surface area contributed by atoms with Crippen molar-refractivity contribution in [3.8, 4) is 0 Å². The summed E-state index contributed by atoms with van der Waals surface area (Å²) in [5, 5.41) is 2.97. The minimum atomic E-state index is -0.532. The minimum Gasteiger partial charge on any atom is -0.323 e. The summed E-state index contributed by atoms with van der Waals surface area (Å²) in [6, 6.07) is 2.73. The van der Waals surface area contributed by atoms with E-state index < -0.39 is 6.04 Å². The van der Waals surface area contributed by atoms with Gasteiger partial charge in [-0.3, -0.25) is 4.79 Å². The highest BCUT2D eigenvalue weighted by Crippen LogP contribution is 2.09. The maximum Gasteiger partial charge on any atom is 0.241 e. The molecular formula is C8H10ClN3O. The van der Waals surface area contributed by atoms with Crippen LogP contribution in [-0.2, 0) is 4.79 Å². The van der Waals surface area contributed by atoms with E-state index >= 15 is 0 Å². The van der Waals surface area contributed by atoms with Gasteiger partial charge in [0.1, 0.15) is 5.15 Å². The molecule has 0 unspecified atom stereocenters. The molecule has 3 N–H and O–H groups in total. The first-order valence-electron chi connectivity index (χ1n) is 3.77. The molecule has 5 heteroatoms. The van der Waals surface area contributed by atoms with E-state index in [2.05, 4.69) is 10.3 Å². The number of nitrogens with one attached hydrogen (secondary N) is 1. The van der Waals surface area contributed by atoms with Gasteiger partial charge in [0.25, 0.3) is 0 Å². The quantitative estimate of drug-likeness (QED) is 0.699. The highest BCUT2D eigenvalue weighted by atomic mass is 35.5. The van der Waals surface area contributed by atoms with Crippen LogP contribution in [0.2, 0.25) is 5.15 Å². The van der Waals surface area contributed by atoms with Gasteiger partial charge in [0.15, 0.2) is 0 Å². The van der Waals surface area contributed by atoms with Crippen LogP contribution in [0, 0.1) is 0 Å². The van der Waals surface area contributed by atoms with Crippen molar-refractivity contribution in [3.05, 3.63) is 23.5 Å². The van der Waals surface area contributed by atoms with Gasteiger partial charge in [0.2, 0.25) is 5.91 Å². The predicted molar refractivity (Wildman–Crippen MR) is 51.5 cm³/mol. The lowest BCUT2D eigenvalue weighted by molar-refractivity contribution is -0.117. The number of carbonyl (C=O) groups is 1. The Morgan fingerprint density at radius 2 is 2.38 bits per heavy atom. The second kappa shape index (κ2) is 4.20. The van der Waals surface area contributed by atoms with E-state index in [-0.39, 0.29) is 5.91 Å². The van der Waals surface area contributed by atoms with Crippen LogP contribution in [0.25, 0.3) is 0 Å². The first-order valence-corrected chi connectivity index (χ1v) is 4.15. The fourth-order valence-electron chi connectivity index (χ4n) is 0.706. The number of anilines is 1. The van der Waals surface area contributed by atoms with Crippen molar-refractivity contribution in [2.45, 2.75) is 13.0 Å². The monoisotopic (exact) mass is 199 g/mol. The van der Waals surface area contributed by atoms with E-state index in [1.54, 1.807) is 19.1 Å². The summed E-state index contributed by atoms with van der Waals surface area (Å²) in [6.45, 7) is 1.61. The normalized spacial score (nSPS) is 12.2. The number of halogens is 1. The van der Waals surface area contributed by atoms with Crippen molar-refractivity contribution < 1.29 is 4.79 Å². The number of pyridine rings is 1. The topological polar surface area (TPSA) is 68.0 Å². The predicted octanol–water partition coefficient (Wildman–Crippen LogP) is 1.02. The highest BCUT2D eigenvalue weighted by molar-refractivity contribution is 6.29. The molecule has 0 saturated carbocycles. The molecule has 13 heavy (non-hydrogen) atoms. The van der Waals surface area contributed by atoms with Crippen molar-refractivity contribution in [2.75, 3.05) is 5.32 Å². The summed E-state index contributed by atoms with van der Waals surface area (Å²) < 4.78 is 0. The average Bonchev–Trinajstić information content (AvgIpc) is 2.08. The molecular weight excluding hydrogens is 190 g/mol. The average molecular weight is 200 g/mol. The van der Waals surface area contributed by atoms with E-state index in [1.165, 1.54) is 6.20 Å². The molecule has 0 bridgehead atoms. The third kappa shape index (κ3) is 3.01. The molecule has 1 aromatic heterocycles. The number of rotatable bonds is 2. The second-order valence-electron chi connectivity index (χ2n) is 2.65. The SMILES string of the molecule is C[C@H](N)C(=O)Nc1ccc(Cl)nc1. The van der Waals surface area contributed by atoms with E-state index in [4.69, 9.17) is 17.3 Å². The van der Waals surface area contributed by atoms with Crippen LogP contribution in [0.1, 0.15) is 6.92 Å². The number of hydrogen-bond acceptors (Lipinski definition) is 3. The van der Waals surface area contributed by atoms with Gasteiger partial charge in [-0.2, -0.15) is 0 Å². The zero-order chi connectivity index (χ0) is 9.84. The van der Waals surface area contributed by atoms with Gasteiger partial charge >= 0.3 is 0 Å². The number of carbonyl (C=O) groups excluding carboxylic acids is 1. The summed E-state index contributed by atoms with van der Waals surface area (Å²) in [5.41, 5.74) is 5.94. The van der Waals surface area contributed by atoms with Gasteiger partial charge in [-0.1, -0.05) is 11.6 Å². The summed E-state index contributed by atoms with van der Waals surface area (Å²) >= 11 is 5.56. The molecule has 0 aliphatic rings. The van der Waals surface area contributed by atoms with Gasteiger partial charge in [0, 0.05) is 0 Å². The van der Waals surface area contributed by atoms with Crippen LogP contribution in [-0.4, -0.2) is 16.9 Å². The Hall–Kier alpha value is -1.13. The van der Waals surface area contributed by atoms with Crippen molar-refractivity contribution in [1.82, 2.24) is 4.98 Å². The molecule has 0 saturated heterocycles. The second-order valence-corrected chi connectivity index (χ2v) is 3.03. The molecule has 1 amide bonds. The molecule has 4 nitrogen and oxygen atoms in total. The maximum atomic E-state index is 11.1. The Labute approximate surface area is 81.1 Å². The number of nitrogens with two attached hydrogens (primary N) is 1. The number of amides is 1. The van der Waals surface area contributed by atoms with Gasteiger partial charge in [0.05, 0.1) is 17.9 Å². The Balaban J connectivity index is 2.65. The van der Waals surface area contributed by atoms with Crippen LogP contribution in [0.4, 0.5) is 5.69 Å².